The van der Waals surface area contributed by atoms with Gasteiger partial charge in [-0.2, -0.15) is 0 Å². The fraction of sp³-hybridized carbons (Fsp3) is 0.308. The summed E-state index contributed by atoms with van der Waals surface area (Å²) in [6.45, 7) is 6.17. The summed E-state index contributed by atoms with van der Waals surface area (Å²) in [6, 6.07) is 25.1. The van der Waals surface area contributed by atoms with Gasteiger partial charge in [0.25, 0.3) is 0 Å². The van der Waals surface area contributed by atoms with Crippen molar-refractivity contribution in [2.24, 2.45) is 0 Å². The minimum absolute atomic E-state index is 0.133. The van der Waals surface area contributed by atoms with Crippen LogP contribution < -0.4 is 4.74 Å². The molecule has 31 heavy (non-hydrogen) atoms. The van der Waals surface area contributed by atoms with Gasteiger partial charge in [-0.1, -0.05) is 72.3 Å². The van der Waals surface area contributed by atoms with E-state index in [1.165, 1.54) is 17.7 Å². The van der Waals surface area contributed by atoms with E-state index in [1.807, 2.05) is 18.2 Å². The van der Waals surface area contributed by atoms with Crippen LogP contribution in [-0.2, 0) is 6.54 Å². The highest BCUT2D eigenvalue weighted by atomic mass is 35.5. The van der Waals surface area contributed by atoms with Crippen molar-refractivity contribution in [3.8, 4) is 5.75 Å². The van der Waals surface area contributed by atoms with Gasteiger partial charge in [-0.05, 0) is 29.3 Å². The van der Waals surface area contributed by atoms with E-state index in [4.69, 9.17) is 16.3 Å². The molecule has 5 heteroatoms. The molecule has 0 aromatic heterocycles. The summed E-state index contributed by atoms with van der Waals surface area (Å²) in [4.78, 5) is 5.00. The predicted molar refractivity (Wildman–Crippen MR) is 124 cm³/mol. The molecule has 1 unspecified atom stereocenters. The van der Waals surface area contributed by atoms with Gasteiger partial charge in [0.1, 0.15) is 17.7 Å². The Labute approximate surface area is 189 Å². The number of rotatable bonds is 8. The zero-order chi connectivity index (χ0) is 21.5. The molecule has 0 saturated carbocycles. The molecule has 1 aliphatic heterocycles. The highest BCUT2D eigenvalue weighted by molar-refractivity contribution is 6.32. The van der Waals surface area contributed by atoms with Crippen LogP contribution in [0.5, 0.6) is 5.75 Å². The van der Waals surface area contributed by atoms with Gasteiger partial charge in [0.15, 0.2) is 0 Å². The smallest absolute Gasteiger partial charge is 0.139 e. The second-order valence-corrected chi connectivity index (χ2v) is 8.39. The van der Waals surface area contributed by atoms with Crippen LogP contribution in [-0.4, -0.2) is 42.5 Å². The molecule has 0 amide bonds. The van der Waals surface area contributed by atoms with Gasteiger partial charge in [-0.3, -0.25) is 4.90 Å². The lowest BCUT2D eigenvalue weighted by atomic mass is 10.1. The van der Waals surface area contributed by atoms with Crippen molar-refractivity contribution in [3.63, 3.8) is 0 Å². The Morgan fingerprint density at radius 3 is 2.16 bits per heavy atom. The average molecular weight is 439 g/mol. The van der Waals surface area contributed by atoms with Crippen LogP contribution in [0.1, 0.15) is 23.7 Å². The number of hydrogen-bond donors (Lipinski definition) is 0. The van der Waals surface area contributed by atoms with E-state index in [1.54, 1.807) is 6.07 Å². The first-order valence-corrected chi connectivity index (χ1v) is 11.2. The summed E-state index contributed by atoms with van der Waals surface area (Å²) in [5, 5.41) is 0.301. The lowest BCUT2D eigenvalue weighted by Crippen LogP contribution is -2.46. The zero-order valence-electron chi connectivity index (χ0n) is 17.6. The van der Waals surface area contributed by atoms with Gasteiger partial charge in [-0.25, -0.2) is 4.39 Å². The van der Waals surface area contributed by atoms with Crippen LogP contribution in [0.2, 0.25) is 5.02 Å². The third kappa shape index (κ3) is 6.30. The second kappa shape index (κ2) is 10.8. The minimum Gasteiger partial charge on any atom is -0.484 e. The van der Waals surface area contributed by atoms with Crippen molar-refractivity contribution in [1.82, 2.24) is 9.80 Å². The Hall–Kier alpha value is -2.40. The molecule has 0 spiro atoms. The predicted octanol–water partition coefficient (Wildman–Crippen LogP) is 5.81. The molecule has 1 heterocycles. The third-order valence-electron chi connectivity index (χ3n) is 5.76. The highest BCUT2D eigenvalue weighted by Gasteiger charge is 2.20. The summed E-state index contributed by atoms with van der Waals surface area (Å²) < 4.78 is 19.7. The number of piperazine rings is 1. The van der Waals surface area contributed by atoms with E-state index < -0.39 is 0 Å². The first-order chi connectivity index (χ1) is 15.2. The van der Waals surface area contributed by atoms with Gasteiger partial charge in [-0.15, -0.1) is 0 Å². The van der Waals surface area contributed by atoms with Crippen LogP contribution in [0, 0.1) is 5.82 Å². The first-order valence-electron chi connectivity index (χ1n) is 10.8. The van der Waals surface area contributed by atoms with Gasteiger partial charge >= 0.3 is 0 Å². The monoisotopic (exact) mass is 438 g/mol. The number of nitrogens with zero attached hydrogens (tertiary/aromatic N) is 2. The third-order valence-corrected chi connectivity index (χ3v) is 6.05. The Bertz CT molecular complexity index is 946. The molecule has 0 bridgehead atoms. The average Bonchev–Trinajstić information content (AvgIpc) is 2.80. The molecule has 0 radical (unpaired) electrons. The summed E-state index contributed by atoms with van der Waals surface area (Å²) in [6.07, 6.45) is 0.711. The van der Waals surface area contributed by atoms with Crippen LogP contribution in [0.25, 0.3) is 0 Å². The molecule has 1 aliphatic rings. The minimum atomic E-state index is -0.359. The number of halogens is 2. The Morgan fingerprint density at radius 2 is 1.48 bits per heavy atom. The maximum absolute atomic E-state index is 13.4. The van der Waals surface area contributed by atoms with E-state index in [0.29, 0.717) is 10.8 Å². The van der Waals surface area contributed by atoms with E-state index in [-0.39, 0.29) is 11.9 Å². The van der Waals surface area contributed by atoms with E-state index in [2.05, 4.69) is 52.3 Å². The van der Waals surface area contributed by atoms with Crippen molar-refractivity contribution < 1.29 is 9.13 Å². The Balaban J connectivity index is 1.33. The van der Waals surface area contributed by atoms with Gasteiger partial charge < -0.3 is 9.64 Å². The summed E-state index contributed by atoms with van der Waals surface area (Å²) >= 11 is 6.21. The second-order valence-electron chi connectivity index (χ2n) is 7.98. The quantitative estimate of drug-likeness (QED) is 0.441. The lowest BCUT2D eigenvalue weighted by molar-refractivity contribution is 0.107. The molecular weight excluding hydrogens is 411 g/mol. The normalized spacial score (nSPS) is 16.2. The fourth-order valence-electron chi connectivity index (χ4n) is 4.00. The molecule has 1 fully saturated rings. The fourth-order valence-corrected chi connectivity index (χ4v) is 4.21. The largest absolute Gasteiger partial charge is 0.484 e. The molecule has 3 aromatic rings. The molecule has 4 rings (SSSR count). The van der Waals surface area contributed by atoms with E-state index in [0.717, 1.165) is 51.3 Å². The van der Waals surface area contributed by atoms with E-state index in [9.17, 15) is 4.39 Å². The van der Waals surface area contributed by atoms with Crippen molar-refractivity contribution >= 4 is 11.6 Å². The van der Waals surface area contributed by atoms with E-state index >= 15 is 0 Å². The molecule has 3 aromatic carbocycles. The standard InChI is InChI=1S/C26H28ClFN2O/c27-24-19-23(28)11-12-26(24)31-25(22-9-5-2-6-10-22)13-14-29-15-17-30(18-16-29)20-21-7-3-1-4-8-21/h1-12,19,25H,13-18,20H2. The molecule has 1 saturated heterocycles. The lowest BCUT2D eigenvalue weighted by Gasteiger charge is -2.35. The Kier molecular flexibility index (Phi) is 7.57. The van der Waals surface area contributed by atoms with Crippen molar-refractivity contribution in [2.45, 2.75) is 19.1 Å². The van der Waals surface area contributed by atoms with Crippen molar-refractivity contribution in [1.29, 1.82) is 0 Å². The van der Waals surface area contributed by atoms with Gasteiger partial charge in [0.2, 0.25) is 0 Å². The number of benzene rings is 3. The van der Waals surface area contributed by atoms with Crippen LogP contribution >= 0.6 is 11.6 Å². The SMILES string of the molecule is Fc1ccc(OC(CCN2CCN(Cc3ccccc3)CC2)c2ccccc2)c(Cl)c1. The highest BCUT2D eigenvalue weighted by Crippen LogP contribution is 2.31. The number of hydrogen-bond acceptors (Lipinski definition) is 3. The van der Waals surface area contributed by atoms with Crippen LogP contribution in [0.3, 0.4) is 0 Å². The van der Waals surface area contributed by atoms with Gasteiger partial charge in [0.05, 0.1) is 5.02 Å². The maximum atomic E-state index is 13.4. The molecule has 3 nitrogen and oxygen atoms in total. The topological polar surface area (TPSA) is 15.7 Å². The summed E-state index contributed by atoms with van der Waals surface area (Å²) in [5.74, 6) is 0.159. The summed E-state index contributed by atoms with van der Waals surface area (Å²) in [7, 11) is 0. The Morgan fingerprint density at radius 1 is 0.839 bits per heavy atom. The molecule has 1 atom stereocenters. The number of ether oxygens (including phenoxy) is 1. The molecular formula is C26H28ClFN2O. The maximum Gasteiger partial charge on any atom is 0.139 e. The van der Waals surface area contributed by atoms with Crippen LogP contribution in [0.15, 0.2) is 78.9 Å². The van der Waals surface area contributed by atoms with Crippen LogP contribution in [0.4, 0.5) is 4.39 Å². The zero-order valence-corrected chi connectivity index (χ0v) is 18.3. The molecule has 0 N–H and O–H groups in total. The van der Waals surface area contributed by atoms with Gasteiger partial charge in [0, 0.05) is 45.7 Å². The first kappa shape index (κ1) is 21.8. The summed E-state index contributed by atoms with van der Waals surface area (Å²) in [5.41, 5.74) is 2.47. The van der Waals surface area contributed by atoms with Crippen molar-refractivity contribution in [3.05, 3.63) is 101 Å². The molecule has 0 aliphatic carbocycles. The molecule has 162 valence electrons. The van der Waals surface area contributed by atoms with Crippen molar-refractivity contribution in [2.75, 3.05) is 32.7 Å².